The first-order valence-electron chi connectivity index (χ1n) is 14.8. The number of ether oxygens (including phenoxy) is 3. The number of rotatable bonds is 10. The fraction of sp³-hybridized carbons (Fsp3) is 0.167. The molecule has 1 aliphatic heterocycles. The lowest BCUT2D eigenvalue weighted by Crippen LogP contribution is -2.39. The monoisotopic (exact) mass is 650 g/mol. The molecule has 5 aromatic rings. The van der Waals surface area contributed by atoms with Gasteiger partial charge in [-0.2, -0.15) is 0 Å². The number of benzene rings is 3. The summed E-state index contributed by atoms with van der Waals surface area (Å²) in [5, 5.41) is 1.92. The molecule has 0 spiro atoms. The molecule has 0 N–H and O–H groups in total. The van der Waals surface area contributed by atoms with Crippen molar-refractivity contribution in [2.45, 2.75) is 26.5 Å². The molecule has 0 unspecified atom stereocenters. The van der Waals surface area contributed by atoms with Crippen molar-refractivity contribution >= 4 is 46.4 Å². The highest BCUT2D eigenvalue weighted by atomic mass is 32.1. The lowest BCUT2D eigenvalue weighted by atomic mass is 9.97. The summed E-state index contributed by atoms with van der Waals surface area (Å²) < 4.78 is 18.8. The number of aromatic nitrogens is 1. The standard InChI is InChI=1S/C36H30N2O6S2/c1-3-42-34(40)25-18-16-23(17-19-25)22-44-27-14-9-8-13-26(27)21-29-33(39)38-32(28-15-10-20-45-28)30(35(41)43-4-2)31(37-36(38)46-29)24-11-6-5-7-12-24/h5-21,32H,3-4,22H2,1-2H3/b29-21-/t32-/m1/s1. The van der Waals surface area contributed by atoms with Gasteiger partial charge >= 0.3 is 11.9 Å². The second-order valence-corrected chi connectivity index (χ2v) is 12.2. The SMILES string of the molecule is CCOC(=O)C1=C(c2ccccc2)N=c2s/c(=C\c3ccccc3OCc3ccc(C(=O)OCC)cc3)c(=O)n2[C@@H]1c1cccs1. The maximum atomic E-state index is 14.2. The van der Waals surface area contributed by atoms with Gasteiger partial charge in [0.1, 0.15) is 18.4 Å². The molecule has 10 heteroatoms. The van der Waals surface area contributed by atoms with Crippen LogP contribution in [0.2, 0.25) is 0 Å². The molecule has 0 amide bonds. The molecule has 0 saturated heterocycles. The molecule has 0 bridgehead atoms. The first-order valence-corrected chi connectivity index (χ1v) is 16.5. The van der Waals surface area contributed by atoms with Crippen LogP contribution < -0.4 is 19.6 Å². The van der Waals surface area contributed by atoms with Crippen LogP contribution in [-0.4, -0.2) is 29.7 Å². The van der Waals surface area contributed by atoms with Crippen molar-refractivity contribution in [2.24, 2.45) is 4.99 Å². The predicted octanol–water partition coefficient (Wildman–Crippen LogP) is 5.75. The Morgan fingerprint density at radius 2 is 1.59 bits per heavy atom. The van der Waals surface area contributed by atoms with E-state index in [2.05, 4.69) is 0 Å². The highest BCUT2D eigenvalue weighted by Crippen LogP contribution is 2.36. The summed E-state index contributed by atoms with van der Waals surface area (Å²) in [7, 11) is 0. The van der Waals surface area contributed by atoms with Gasteiger partial charge in [-0.1, -0.05) is 78.1 Å². The van der Waals surface area contributed by atoms with Crippen LogP contribution in [0.5, 0.6) is 5.75 Å². The summed E-state index contributed by atoms with van der Waals surface area (Å²) in [6, 6.07) is 27.1. The minimum absolute atomic E-state index is 0.193. The second-order valence-electron chi connectivity index (χ2n) is 10.2. The third-order valence-corrected chi connectivity index (χ3v) is 9.16. The Labute approximate surface area is 273 Å². The number of hydrogen-bond acceptors (Lipinski definition) is 9. The van der Waals surface area contributed by atoms with Crippen molar-refractivity contribution in [2.75, 3.05) is 13.2 Å². The van der Waals surface area contributed by atoms with Crippen LogP contribution in [0.4, 0.5) is 0 Å². The van der Waals surface area contributed by atoms with E-state index in [9.17, 15) is 14.4 Å². The summed E-state index contributed by atoms with van der Waals surface area (Å²) in [6.07, 6.45) is 1.80. The third kappa shape index (κ3) is 6.35. The average Bonchev–Trinajstić information content (AvgIpc) is 3.73. The van der Waals surface area contributed by atoms with Gasteiger partial charge in [0.05, 0.1) is 34.6 Å². The number of thiophene rings is 1. The van der Waals surface area contributed by atoms with Gasteiger partial charge in [-0.25, -0.2) is 14.6 Å². The Bertz CT molecular complexity index is 2080. The van der Waals surface area contributed by atoms with Crippen molar-refractivity contribution in [3.8, 4) is 5.75 Å². The third-order valence-electron chi connectivity index (χ3n) is 7.25. The summed E-state index contributed by atoms with van der Waals surface area (Å²) in [5.41, 5.74) is 3.38. The summed E-state index contributed by atoms with van der Waals surface area (Å²) >= 11 is 2.73. The van der Waals surface area contributed by atoms with Crippen LogP contribution in [-0.2, 0) is 20.9 Å². The number of carbonyl (C=O) groups is 2. The van der Waals surface area contributed by atoms with E-state index in [0.29, 0.717) is 38.5 Å². The molecular weight excluding hydrogens is 621 g/mol. The van der Waals surface area contributed by atoms with Crippen molar-refractivity contribution in [1.82, 2.24) is 4.57 Å². The van der Waals surface area contributed by atoms with Gasteiger partial charge in [-0.3, -0.25) is 9.36 Å². The number of carbonyl (C=O) groups excluding carboxylic acids is 2. The van der Waals surface area contributed by atoms with Crippen molar-refractivity contribution in [3.63, 3.8) is 0 Å². The van der Waals surface area contributed by atoms with E-state index < -0.39 is 12.0 Å². The van der Waals surface area contributed by atoms with E-state index >= 15 is 0 Å². The first kappa shape index (κ1) is 30.9. The smallest absolute Gasteiger partial charge is 0.338 e. The molecule has 0 aliphatic carbocycles. The van der Waals surface area contributed by atoms with Gasteiger partial charge in [0.2, 0.25) is 0 Å². The van der Waals surface area contributed by atoms with E-state index in [-0.39, 0.29) is 24.7 Å². The lowest BCUT2D eigenvalue weighted by Gasteiger charge is -2.24. The molecule has 1 atom stereocenters. The van der Waals surface area contributed by atoms with Gasteiger partial charge in [-0.15, -0.1) is 11.3 Å². The van der Waals surface area contributed by atoms with E-state index in [1.807, 2.05) is 84.2 Å². The molecule has 6 rings (SSSR count). The molecule has 232 valence electrons. The van der Waals surface area contributed by atoms with E-state index in [4.69, 9.17) is 19.2 Å². The Hall–Kier alpha value is -5.06. The molecule has 0 fully saturated rings. The molecule has 0 saturated carbocycles. The van der Waals surface area contributed by atoms with Crippen LogP contribution >= 0.6 is 22.7 Å². The van der Waals surface area contributed by atoms with Gasteiger partial charge in [0.15, 0.2) is 4.80 Å². The predicted molar refractivity (Wildman–Crippen MR) is 179 cm³/mol. The molecule has 3 heterocycles. The molecule has 8 nitrogen and oxygen atoms in total. The maximum Gasteiger partial charge on any atom is 0.338 e. The quantitative estimate of drug-likeness (QED) is 0.179. The summed E-state index contributed by atoms with van der Waals surface area (Å²) in [5.74, 6) is -0.282. The highest BCUT2D eigenvalue weighted by molar-refractivity contribution is 7.10. The van der Waals surface area contributed by atoms with Crippen LogP contribution in [0.1, 0.15) is 51.8 Å². The van der Waals surface area contributed by atoms with Crippen LogP contribution in [0.3, 0.4) is 0 Å². The van der Waals surface area contributed by atoms with E-state index in [1.165, 1.54) is 22.7 Å². The van der Waals surface area contributed by atoms with E-state index in [1.54, 1.807) is 36.6 Å². The van der Waals surface area contributed by atoms with Crippen LogP contribution in [0.15, 0.2) is 112 Å². The maximum absolute atomic E-state index is 14.2. The second kappa shape index (κ2) is 13.9. The van der Waals surface area contributed by atoms with Gasteiger partial charge in [-0.05, 0) is 55.1 Å². The molecular formula is C36H30N2O6S2. The zero-order chi connectivity index (χ0) is 32.0. The molecule has 1 aliphatic rings. The van der Waals surface area contributed by atoms with Gasteiger partial charge in [0, 0.05) is 16.0 Å². The fourth-order valence-electron chi connectivity index (χ4n) is 5.14. The number of thiazole rings is 1. The van der Waals surface area contributed by atoms with Crippen LogP contribution in [0, 0.1) is 0 Å². The number of esters is 2. The highest BCUT2D eigenvalue weighted by Gasteiger charge is 2.35. The molecule has 0 radical (unpaired) electrons. The zero-order valence-electron chi connectivity index (χ0n) is 25.2. The Balaban J connectivity index is 1.40. The van der Waals surface area contributed by atoms with Crippen molar-refractivity contribution in [1.29, 1.82) is 0 Å². The Morgan fingerprint density at radius 1 is 0.870 bits per heavy atom. The van der Waals surface area contributed by atoms with E-state index in [0.717, 1.165) is 21.6 Å². The zero-order valence-corrected chi connectivity index (χ0v) is 26.8. The van der Waals surface area contributed by atoms with Crippen LogP contribution in [0.25, 0.3) is 11.8 Å². The van der Waals surface area contributed by atoms with Crippen molar-refractivity contribution < 1.29 is 23.8 Å². The normalized spacial score (nSPS) is 14.4. The Morgan fingerprint density at radius 3 is 2.30 bits per heavy atom. The lowest BCUT2D eigenvalue weighted by molar-refractivity contribution is -0.138. The van der Waals surface area contributed by atoms with Gasteiger partial charge in [0.25, 0.3) is 5.56 Å². The average molecular weight is 651 g/mol. The molecule has 2 aromatic heterocycles. The van der Waals surface area contributed by atoms with Crippen molar-refractivity contribution in [3.05, 3.63) is 149 Å². The largest absolute Gasteiger partial charge is 0.488 e. The molecule has 46 heavy (non-hydrogen) atoms. The summed E-state index contributed by atoms with van der Waals surface area (Å²) in [4.78, 5) is 45.9. The number of nitrogens with zero attached hydrogens (tertiary/aromatic N) is 2. The molecule has 3 aromatic carbocycles. The number of hydrogen-bond donors (Lipinski definition) is 0. The first-order chi connectivity index (χ1) is 22.5. The number of fused-ring (bicyclic) bond motifs is 1. The Kier molecular flexibility index (Phi) is 9.37. The minimum atomic E-state index is -0.697. The number of para-hydroxylation sites is 1. The minimum Gasteiger partial charge on any atom is -0.488 e. The topological polar surface area (TPSA) is 96.2 Å². The van der Waals surface area contributed by atoms with Gasteiger partial charge < -0.3 is 14.2 Å². The fourth-order valence-corrected chi connectivity index (χ4v) is 6.96. The summed E-state index contributed by atoms with van der Waals surface area (Å²) in [6.45, 7) is 4.29.